The molecule has 0 spiro atoms. The third-order valence-corrected chi connectivity index (χ3v) is 3.44. The van der Waals surface area contributed by atoms with E-state index in [9.17, 15) is 17.6 Å². The van der Waals surface area contributed by atoms with Crippen LogP contribution < -0.4 is 5.43 Å². The van der Waals surface area contributed by atoms with Crippen LogP contribution in [0.5, 0.6) is 0 Å². The second-order valence-electron chi connectivity index (χ2n) is 5.15. The first-order valence-corrected chi connectivity index (χ1v) is 6.91. The first-order chi connectivity index (χ1) is 10.9. The number of nitrogens with one attached hydrogen (secondary N) is 1. The van der Waals surface area contributed by atoms with Crippen molar-refractivity contribution in [1.82, 2.24) is 15.4 Å². The molecule has 1 N–H and O–H groups in total. The predicted molar refractivity (Wildman–Crippen MR) is 78.4 cm³/mol. The summed E-state index contributed by atoms with van der Waals surface area (Å²) in [5.74, 6) is -0.582. The van der Waals surface area contributed by atoms with Crippen molar-refractivity contribution in [3.8, 4) is 11.1 Å². The van der Waals surface area contributed by atoms with E-state index in [0.717, 1.165) is 10.6 Å². The summed E-state index contributed by atoms with van der Waals surface area (Å²) in [6, 6.07) is 10.2. The van der Waals surface area contributed by atoms with E-state index in [1.807, 2.05) is 0 Å². The summed E-state index contributed by atoms with van der Waals surface area (Å²) in [5, 5.41) is 1.01. The van der Waals surface area contributed by atoms with Crippen LogP contribution in [-0.4, -0.2) is 29.3 Å². The van der Waals surface area contributed by atoms with Crippen molar-refractivity contribution >= 4 is 5.57 Å². The number of pyridine rings is 1. The Morgan fingerprint density at radius 3 is 2.65 bits per heavy atom. The first kappa shape index (κ1) is 15.5. The highest BCUT2D eigenvalue weighted by Gasteiger charge is 2.31. The molecule has 0 unspecified atom stereocenters. The lowest BCUT2D eigenvalue weighted by Gasteiger charge is -2.17. The van der Waals surface area contributed by atoms with Gasteiger partial charge in [-0.1, -0.05) is 18.2 Å². The van der Waals surface area contributed by atoms with E-state index in [0.29, 0.717) is 16.7 Å². The van der Waals surface area contributed by atoms with Crippen molar-refractivity contribution in [1.29, 1.82) is 0 Å². The van der Waals surface area contributed by atoms with Crippen LogP contribution in [0.3, 0.4) is 0 Å². The minimum absolute atomic E-state index is 0.287. The van der Waals surface area contributed by atoms with E-state index >= 15 is 0 Å². The highest BCUT2D eigenvalue weighted by molar-refractivity contribution is 5.73. The van der Waals surface area contributed by atoms with E-state index in [2.05, 4.69) is 10.4 Å². The second-order valence-corrected chi connectivity index (χ2v) is 5.15. The van der Waals surface area contributed by atoms with Gasteiger partial charge in [0.15, 0.2) is 0 Å². The molecular formula is C16H13F4N3. The second kappa shape index (κ2) is 6.00. The zero-order valence-corrected chi connectivity index (χ0v) is 11.9. The Morgan fingerprint density at radius 1 is 1.13 bits per heavy atom. The Bertz CT molecular complexity index is 740. The smallest absolute Gasteiger partial charge is 0.306 e. The lowest BCUT2D eigenvalue weighted by Crippen LogP contribution is -2.37. The van der Waals surface area contributed by atoms with Gasteiger partial charge in [0.2, 0.25) is 5.95 Å². The van der Waals surface area contributed by atoms with Crippen LogP contribution in [0.15, 0.2) is 48.8 Å². The van der Waals surface area contributed by atoms with Gasteiger partial charge in [0.25, 0.3) is 0 Å². The molecule has 1 aliphatic rings. The molecule has 1 aliphatic heterocycles. The summed E-state index contributed by atoms with van der Waals surface area (Å²) in [6.07, 6.45) is -1.49. The van der Waals surface area contributed by atoms with Gasteiger partial charge in [0.1, 0.15) is 6.54 Å². The molecule has 0 amide bonds. The molecule has 7 heteroatoms. The summed E-state index contributed by atoms with van der Waals surface area (Å²) in [5.41, 5.74) is 5.10. The summed E-state index contributed by atoms with van der Waals surface area (Å²) in [4.78, 5) is 3.61. The normalized spacial score (nSPS) is 15.0. The van der Waals surface area contributed by atoms with Crippen molar-refractivity contribution in [2.45, 2.75) is 6.18 Å². The molecule has 0 fully saturated rings. The van der Waals surface area contributed by atoms with Gasteiger partial charge in [-0.15, -0.1) is 0 Å². The molecule has 1 aromatic carbocycles. The van der Waals surface area contributed by atoms with Crippen LogP contribution in [0, 0.1) is 5.95 Å². The van der Waals surface area contributed by atoms with Crippen molar-refractivity contribution in [3.05, 3.63) is 60.3 Å². The van der Waals surface area contributed by atoms with E-state index in [-0.39, 0.29) is 6.54 Å². The largest absolute Gasteiger partial charge is 0.407 e. The fourth-order valence-corrected chi connectivity index (χ4v) is 2.43. The number of aromatic nitrogens is 1. The Hall–Kier alpha value is -2.41. The quantitative estimate of drug-likeness (QED) is 0.691. The zero-order valence-electron chi connectivity index (χ0n) is 11.9. The molecular weight excluding hydrogens is 310 g/mol. The third kappa shape index (κ3) is 3.68. The van der Waals surface area contributed by atoms with Crippen LogP contribution in [0.2, 0.25) is 0 Å². The zero-order chi connectivity index (χ0) is 16.4. The van der Waals surface area contributed by atoms with Crippen molar-refractivity contribution < 1.29 is 17.6 Å². The van der Waals surface area contributed by atoms with Gasteiger partial charge in [-0.2, -0.15) is 17.6 Å². The summed E-state index contributed by atoms with van der Waals surface area (Å²) < 4.78 is 51.0. The van der Waals surface area contributed by atoms with Crippen molar-refractivity contribution in [2.75, 3.05) is 13.1 Å². The maximum absolute atomic E-state index is 13.8. The average molecular weight is 323 g/mol. The fraction of sp³-hybridized carbons (Fsp3) is 0.188. The molecule has 3 nitrogen and oxygen atoms in total. The number of rotatable bonds is 3. The van der Waals surface area contributed by atoms with Crippen LogP contribution >= 0.6 is 0 Å². The van der Waals surface area contributed by atoms with Gasteiger partial charge in [-0.3, -0.25) is 0 Å². The van der Waals surface area contributed by atoms with Crippen molar-refractivity contribution in [2.24, 2.45) is 0 Å². The number of alkyl halides is 3. The monoisotopic (exact) mass is 323 g/mol. The summed E-state index contributed by atoms with van der Waals surface area (Å²) >= 11 is 0. The number of halogens is 4. The summed E-state index contributed by atoms with van der Waals surface area (Å²) in [7, 11) is 0. The Morgan fingerprint density at radius 2 is 1.91 bits per heavy atom. The van der Waals surface area contributed by atoms with E-state index in [4.69, 9.17) is 0 Å². The molecule has 0 saturated heterocycles. The van der Waals surface area contributed by atoms with Crippen molar-refractivity contribution in [3.63, 3.8) is 0 Å². The van der Waals surface area contributed by atoms with Crippen LogP contribution in [0.25, 0.3) is 16.7 Å². The van der Waals surface area contributed by atoms with Gasteiger partial charge >= 0.3 is 6.18 Å². The number of hydrogen-bond acceptors (Lipinski definition) is 3. The van der Waals surface area contributed by atoms with Gasteiger partial charge < -0.3 is 5.01 Å². The maximum atomic E-state index is 13.8. The van der Waals surface area contributed by atoms with E-state index in [1.165, 1.54) is 12.4 Å². The lowest BCUT2D eigenvalue weighted by atomic mass is 10.0. The molecule has 0 atom stereocenters. The molecule has 0 aliphatic carbocycles. The molecule has 23 heavy (non-hydrogen) atoms. The van der Waals surface area contributed by atoms with Gasteiger partial charge in [0, 0.05) is 24.5 Å². The molecule has 0 radical (unpaired) electrons. The first-order valence-electron chi connectivity index (χ1n) is 6.91. The molecule has 120 valence electrons. The maximum Gasteiger partial charge on any atom is 0.407 e. The highest BCUT2D eigenvalue weighted by Crippen LogP contribution is 2.27. The molecule has 2 heterocycles. The van der Waals surface area contributed by atoms with E-state index in [1.54, 1.807) is 36.4 Å². The van der Waals surface area contributed by atoms with Crippen LogP contribution in [0.1, 0.15) is 5.56 Å². The number of hydrogen-bond donors (Lipinski definition) is 1. The topological polar surface area (TPSA) is 28.2 Å². The molecule has 2 aromatic rings. The van der Waals surface area contributed by atoms with Gasteiger partial charge in [0.05, 0.1) is 0 Å². The molecule has 0 bridgehead atoms. The van der Waals surface area contributed by atoms with Gasteiger partial charge in [-0.25, -0.2) is 10.4 Å². The number of benzene rings is 1. The predicted octanol–water partition coefficient (Wildman–Crippen LogP) is 3.61. The average Bonchev–Trinajstić information content (AvgIpc) is 2.94. The molecule has 1 aromatic heterocycles. The lowest BCUT2D eigenvalue weighted by molar-refractivity contribution is -0.144. The fourth-order valence-electron chi connectivity index (χ4n) is 2.43. The minimum Gasteiger partial charge on any atom is -0.306 e. The Kier molecular flexibility index (Phi) is 4.04. The molecule has 3 rings (SSSR count). The van der Waals surface area contributed by atoms with Gasteiger partial charge in [-0.05, 0) is 34.9 Å². The Labute approximate surface area is 130 Å². The standard InChI is InChI=1S/C16H13F4N3/c17-15-14(5-2-6-21-15)12-4-1-3-11(7-12)13-8-22-23(9-13)10-16(18,19)20/h1-7,9,22H,8,10H2. The number of nitrogens with zero attached hydrogens (tertiary/aromatic N) is 2. The van der Waals surface area contributed by atoms with Crippen LogP contribution in [0.4, 0.5) is 17.6 Å². The molecule has 0 saturated carbocycles. The van der Waals surface area contributed by atoms with E-state index < -0.39 is 18.7 Å². The summed E-state index contributed by atoms with van der Waals surface area (Å²) in [6.45, 7) is -0.775. The Balaban J connectivity index is 1.86. The highest BCUT2D eigenvalue weighted by atomic mass is 19.4. The third-order valence-electron chi connectivity index (χ3n) is 3.44. The number of hydrazine groups is 1. The minimum atomic E-state index is -4.28. The van der Waals surface area contributed by atoms with Crippen LogP contribution in [-0.2, 0) is 0 Å². The SMILES string of the molecule is Fc1ncccc1-c1cccc(C2=CN(CC(F)(F)F)NC2)c1.